The number of rotatable bonds is 5. The van der Waals surface area contributed by atoms with Crippen molar-refractivity contribution in [1.29, 1.82) is 0 Å². The molecule has 6 heteroatoms. The zero-order valence-electron chi connectivity index (χ0n) is 17.3. The van der Waals surface area contributed by atoms with Crippen molar-refractivity contribution in [2.45, 2.75) is 33.7 Å². The molecule has 30 heavy (non-hydrogen) atoms. The molecule has 2 heterocycles. The van der Waals surface area contributed by atoms with Crippen LogP contribution in [-0.4, -0.2) is 20.3 Å². The molecule has 0 unspecified atom stereocenters. The average molecular weight is 400 g/mol. The van der Waals surface area contributed by atoms with Crippen molar-refractivity contribution in [3.05, 3.63) is 87.8 Å². The van der Waals surface area contributed by atoms with Gasteiger partial charge in [0, 0.05) is 11.9 Å². The molecule has 0 atom stereocenters. The minimum absolute atomic E-state index is 0.0296. The highest BCUT2D eigenvalue weighted by Crippen LogP contribution is 2.17. The molecular formula is C24H24N4O2. The van der Waals surface area contributed by atoms with E-state index in [1.807, 2.05) is 56.3 Å². The van der Waals surface area contributed by atoms with Crippen LogP contribution in [0.3, 0.4) is 0 Å². The number of hydrogen-bond donors (Lipinski definition) is 1. The van der Waals surface area contributed by atoms with Crippen LogP contribution in [0.1, 0.15) is 23.6 Å². The summed E-state index contributed by atoms with van der Waals surface area (Å²) >= 11 is 0. The van der Waals surface area contributed by atoms with Gasteiger partial charge in [0.05, 0.1) is 11.1 Å². The molecule has 0 aliphatic heterocycles. The van der Waals surface area contributed by atoms with Crippen LogP contribution in [0.15, 0.2) is 65.6 Å². The van der Waals surface area contributed by atoms with Gasteiger partial charge in [0.25, 0.3) is 5.56 Å². The predicted molar refractivity (Wildman–Crippen MR) is 119 cm³/mol. The normalized spacial score (nSPS) is 11.0. The Kier molecular flexibility index (Phi) is 5.23. The summed E-state index contributed by atoms with van der Waals surface area (Å²) in [6.45, 7) is 6.08. The van der Waals surface area contributed by atoms with Crippen LogP contribution in [0.25, 0.3) is 16.7 Å². The Morgan fingerprint density at radius 2 is 1.80 bits per heavy atom. The average Bonchev–Trinajstić information content (AvgIpc) is 3.02. The monoisotopic (exact) mass is 400 g/mol. The first kappa shape index (κ1) is 19.6. The highest BCUT2D eigenvalue weighted by Gasteiger charge is 2.18. The van der Waals surface area contributed by atoms with Crippen molar-refractivity contribution < 1.29 is 4.79 Å². The highest BCUT2D eigenvalue weighted by atomic mass is 16.2. The molecule has 152 valence electrons. The van der Waals surface area contributed by atoms with E-state index in [1.165, 1.54) is 10.2 Å². The lowest BCUT2D eigenvalue weighted by atomic mass is 10.1. The summed E-state index contributed by atoms with van der Waals surface area (Å²) in [5, 5.41) is 3.39. The van der Waals surface area contributed by atoms with Gasteiger partial charge in [0.15, 0.2) is 5.65 Å². The van der Waals surface area contributed by atoms with E-state index in [-0.39, 0.29) is 18.0 Å². The molecule has 0 aliphatic rings. The summed E-state index contributed by atoms with van der Waals surface area (Å²) in [6, 6.07) is 17.0. The van der Waals surface area contributed by atoms with E-state index in [4.69, 9.17) is 0 Å². The quantitative estimate of drug-likeness (QED) is 0.550. The summed E-state index contributed by atoms with van der Waals surface area (Å²) < 4.78 is 3.17. The van der Waals surface area contributed by atoms with Gasteiger partial charge in [-0.05, 0) is 73.4 Å². The summed E-state index contributed by atoms with van der Waals surface area (Å²) in [5.41, 5.74) is 5.14. The molecule has 4 aromatic rings. The highest BCUT2D eigenvalue weighted by molar-refractivity contribution is 5.91. The molecular weight excluding hydrogens is 376 g/mol. The molecule has 1 amide bonds. The lowest BCUT2D eigenvalue weighted by molar-refractivity contribution is -0.116. The Morgan fingerprint density at radius 3 is 2.50 bits per heavy atom. The molecule has 4 rings (SSSR count). The molecule has 2 aromatic carbocycles. The number of carbonyl (C=O) groups excluding carboxylic acids is 1. The Labute approximate surface area is 174 Å². The second-order valence-corrected chi connectivity index (χ2v) is 7.42. The number of hydrogen-bond acceptors (Lipinski definition) is 3. The molecule has 0 saturated carbocycles. The largest absolute Gasteiger partial charge is 0.324 e. The van der Waals surface area contributed by atoms with Gasteiger partial charge < -0.3 is 5.32 Å². The van der Waals surface area contributed by atoms with Crippen molar-refractivity contribution >= 4 is 22.6 Å². The first-order valence-electron chi connectivity index (χ1n) is 10.0. The minimum atomic E-state index is -0.223. The Morgan fingerprint density at radius 1 is 1.03 bits per heavy atom. The maximum Gasteiger partial charge on any atom is 0.280 e. The maximum atomic E-state index is 13.1. The standard InChI is InChI=1S/C24H24N4O2/c1-4-18-8-10-19(11-9-18)26-22(29)15-27-23-21(6-5-13-25-23)24(30)28(27)20-12-7-16(2)17(3)14-20/h5-14H,4,15H2,1-3H3,(H,26,29). The van der Waals surface area contributed by atoms with Crippen LogP contribution in [-0.2, 0) is 17.8 Å². The summed E-state index contributed by atoms with van der Waals surface area (Å²) in [6.07, 6.45) is 2.57. The third-order valence-corrected chi connectivity index (χ3v) is 5.37. The number of nitrogens with one attached hydrogen (secondary N) is 1. The zero-order chi connectivity index (χ0) is 21.3. The van der Waals surface area contributed by atoms with E-state index in [0.717, 1.165) is 23.2 Å². The summed E-state index contributed by atoms with van der Waals surface area (Å²) in [5.74, 6) is -0.223. The summed E-state index contributed by atoms with van der Waals surface area (Å²) in [4.78, 5) is 30.3. The Bertz CT molecular complexity index is 1280. The molecule has 1 N–H and O–H groups in total. The van der Waals surface area contributed by atoms with Crippen molar-refractivity contribution in [1.82, 2.24) is 14.3 Å². The van der Waals surface area contributed by atoms with Crippen LogP contribution in [0.4, 0.5) is 5.69 Å². The number of aromatic nitrogens is 3. The predicted octanol–water partition coefficient (Wildman–Crippen LogP) is 4.01. The van der Waals surface area contributed by atoms with Gasteiger partial charge in [-0.2, -0.15) is 0 Å². The Hall–Kier alpha value is -3.67. The molecule has 6 nitrogen and oxygen atoms in total. The van der Waals surface area contributed by atoms with Crippen molar-refractivity contribution in [3.63, 3.8) is 0 Å². The van der Waals surface area contributed by atoms with Crippen LogP contribution in [0, 0.1) is 13.8 Å². The number of anilines is 1. The third-order valence-electron chi connectivity index (χ3n) is 5.37. The van der Waals surface area contributed by atoms with Crippen LogP contribution >= 0.6 is 0 Å². The van der Waals surface area contributed by atoms with Crippen LogP contribution < -0.4 is 10.9 Å². The number of nitrogens with zero attached hydrogens (tertiary/aromatic N) is 3. The molecule has 0 spiro atoms. The first-order valence-corrected chi connectivity index (χ1v) is 10.0. The van der Waals surface area contributed by atoms with E-state index >= 15 is 0 Å². The lowest BCUT2D eigenvalue weighted by Gasteiger charge is -2.14. The van der Waals surface area contributed by atoms with Gasteiger partial charge in [-0.15, -0.1) is 0 Å². The molecule has 0 fully saturated rings. The molecule has 0 bridgehead atoms. The van der Waals surface area contributed by atoms with Crippen molar-refractivity contribution in [2.75, 3.05) is 5.32 Å². The van der Waals surface area contributed by atoms with Crippen molar-refractivity contribution in [2.24, 2.45) is 0 Å². The molecule has 0 aliphatic carbocycles. The van der Waals surface area contributed by atoms with Gasteiger partial charge in [0.2, 0.25) is 5.91 Å². The number of amides is 1. The summed E-state index contributed by atoms with van der Waals surface area (Å²) in [7, 11) is 0. The topological polar surface area (TPSA) is 68.9 Å². The number of benzene rings is 2. The maximum absolute atomic E-state index is 13.1. The fourth-order valence-corrected chi connectivity index (χ4v) is 3.51. The lowest BCUT2D eigenvalue weighted by Crippen LogP contribution is -2.27. The number of fused-ring (bicyclic) bond motifs is 1. The minimum Gasteiger partial charge on any atom is -0.324 e. The van der Waals surface area contributed by atoms with E-state index in [1.54, 1.807) is 23.0 Å². The smallest absolute Gasteiger partial charge is 0.280 e. The number of aryl methyl sites for hydroxylation is 3. The third kappa shape index (κ3) is 3.64. The second-order valence-electron chi connectivity index (χ2n) is 7.42. The van der Waals surface area contributed by atoms with E-state index in [0.29, 0.717) is 16.7 Å². The molecule has 2 aromatic heterocycles. The number of carbonyl (C=O) groups is 1. The van der Waals surface area contributed by atoms with Crippen molar-refractivity contribution in [3.8, 4) is 5.69 Å². The first-order chi connectivity index (χ1) is 14.5. The van der Waals surface area contributed by atoms with E-state index in [9.17, 15) is 9.59 Å². The zero-order valence-corrected chi connectivity index (χ0v) is 17.3. The van der Waals surface area contributed by atoms with Gasteiger partial charge in [0.1, 0.15) is 6.54 Å². The number of pyridine rings is 1. The van der Waals surface area contributed by atoms with Crippen LogP contribution in [0.2, 0.25) is 0 Å². The van der Waals surface area contributed by atoms with Gasteiger partial charge in [-0.3, -0.25) is 14.3 Å². The van der Waals surface area contributed by atoms with Crippen LogP contribution in [0.5, 0.6) is 0 Å². The second kappa shape index (κ2) is 7.99. The SMILES string of the molecule is CCc1ccc(NC(=O)Cn2c3ncccc3c(=O)n2-c2ccc(C)c(C)c2)cc1. The fraction of sp³-hybridized carbons (Fsp3) is 0.208. The van der Waals surface area contributed by atoms with E-state index in [2.05, 4.69) is 17.2 Å². The van der Waals surface area contributed by atoms with Gasteiger partial charge in [-0.25, -0.2) is 9.67 Å². The Balaban J connectivity index is 1.74. The fourth-order valence-electron chi connectivity index (χ4n) is 3.51. The molecule has 0 radical (unpaired) electrons. The van der Waals surface area contributed by atoms with E-state index < -0.39 is 0 Å². The molecule has 0 saturated heterocycles. The van der Waals surface area contributed by atoms with Gasteiger partial charge in [-0.1, -0.05) is 25.1 Å². The van der Waals surface area contributed by atoms with Gasteiger partial charge >= 0.3 is 0 Å².